The summed E-state index contributed by atoms with van der Waals surface area (Å²) < 4.78 is 60.6. The molecule has 0 saturated heterocycles. The summed E-state index contributed by atoms with van der Waals surface area (Å²) in [6.45, 7) is -0.262. The summed E-state index contributed by atoms with van der Waals surface area (Å²) in [5.41, 5.74) is -1.47. The number of carbonyl (C=O) groups is 1. The minimum atomic E-state index is -4.64. The second-order valence-electron chi connectivity index (χ2n) is 6.29. The number of hydrogen-bond acceptors (Lipinski definition) is 6. The van der Waals surface area contributed by atoms with Crippen molar-refractivity contribution in [3.8, 4) is 22.8 Å². The molecule has 0 saturated carbocycles. The number of benzene rings is 2. The smallest absolute Gasteiger partial charge is 0.416 e. The van der Waals surface area contributed by atoms with E-state index in [1.807, 2.05) is 0 Å². The number of carbonyl (C=O) groups excluding carboxylic acids is 1. The van der Waals surface area contributed by atoms with Crippen LogP contribution in [0.3, 0.4) is 0 Å². The van der Waals surface area contributed by atoms with Crippen molar-refractivity contribution in [2.75, 3.05) is 20.8 Å². The predicted octanol–water partition coefficient (Wildman–Crippen LogP) is 5.08. The van der Waals surface area contributed by atoms with Crippen LogP contribution in [0.4, 0.5) is 13.2 Å². The molecule has 0 aliphatic carbocycles. The van der Waals surface area contributed by atoms with Gasteiger partial charge in [-0.2, -0.15) is 13.2 Å². The monoisotopic (exact) mass is 456 g/mol. The third kappa shape index (κ3) is 4.61. The first-order chi connectivity index (χ1) is 14.7. The Kier molecular flexibility index (Phi) is 6.45. The molecule has 164 valence electrons. The Morgan fingerprint density at radius 3 is 2.55 bits per heavy atom. The highest BCUT2D eigenvalue weighted by Crippen LogP contribution is 2.41. The quantitative estimate of drug-likeness (QED) is 0.481. The molecule has 1 heterocycles. The molecule has 2 aromatic carbocycles. The van der Waals surface area contributed by atoms with Crippen molar-refractivity contribution in [2.24, 2.45) is 0 Å². The van der Waals surface area contributed by atoms with Gasteiger partial charge in [0, 0.05) is 0 Å². The largest absolute Gasteiger partial charge is 0.492 e. The highest BCUT2D eigenvalue weighted by atomic mass is 35.5. The second kappa shape index (κ2) is 8.89. The molecule has 0 amide bonds. The highest BCUT2D eigenvalue weighted by molar-refractivity contribution is 6.34. The van der Waals surface area contributed by atoms with Crippen LogP contribution in [-0.4, -0.2) is 26.8 Å². The van der Waals surface area contributed by atoms with E-state index < -0.39 is 23.1 Å². The molecule has 3 rings (SSSR count). The maximum Gasteiger partial charge on any atom is 0.416 e. The van der Waals surface area contributed by atoms with E-state index in [-0.39, 0.29) is 51.8 Å². The van der Waals surface area contributed by atoms with Crippen LogP contribution in [0.1, 0.15) is 12.0 Å². The zero-order chi connectivity index (χ0) is 22.8. The van der Waals surface area contributed by atoms with Gasteiger partial charge in [-0.25, -0.2) is 0 Å². The minimum Gasteiger partial charge on any atom is -0.492 e. The summed E-state index contributed by atoms with van der Waals surface area (Å²) in [5, 5.41) is 0.284. The zero-order valence-corrected chi connectivity index (χ0v) is 17.1. The van der Waals surface area contributed by atoms with Crippen molar-refractivity contribution < 1.29 is 36.6 Å². The molecule has 0 aliphatic rings. The van der Waals surface area contributed by atoms with Crippen molar-refractivity contribution in [3.63, 3.8) is 0 Å². The number of fused-ring (bicyclic) bond motifs is 1. The lowest BCUT2D eigenvalue weighted by Gasteiger charge is -2.16. The van der Waals surface area contributed by atoms with E-state index >= 15 is 0 Å². The Balaban J connectivity index is 2.21. The first-order valence-electron chi connectivity index (χ1n) is 8.88. The van der Waals surface area contributed by atoms with Crippen LogP contribution in [0.15, 0.2) is 45.6 Å². The first kappa shape index (κ1) is 22.5. The second-order valence-corrected chi connectivity index (χ2v) is 6.70. The summed E-state index contributed by atoms with van der Waals surface area (Å²) in [4.78, 5) is 24.2. The van der Waals surface area contributed by atoms with E-state index in [1.165, 1.54) is 26.4 Å². The summed E-state index contributed by atoms with van der Waals surface area (Å²) >= 11 is 6.14. The van der Waals surface area contributed by atoms with E-state index in [9.17, 15) is 22.8 Å². The fraction of sp³-hybridized carbons (Fsp3) is 0.238. The molecule has 0 aliphatic heterocycles. The summed E-state index contributed by atoms with van der Waals surface area (Å²) in [6.07, 6.45) is -4.84. The van der Waals surface area contributed by atoms with Gasteiger partial charge in [0.25, 0.3) is 0 Å². The molecule has 0 unspecified atom stereocenters. The molecule has 6 nitrogen and oxygen atoms in total. The molecule has 0 bridgehead atoms. The summed E-state index contributed by atoms with van der Waals surface area (Å²) in [7, 11) is 2.41. The van der Waals surface area contributed by atoms with Crippen LogP contribution >= 0.6 is 11.6 Å². The van der Waals surface area contributed by atoms with Crippen LogP contribution < -0.4 is 14.9 Å². The third-order valence-electron chi connectivity index (χ3n) is 4.38. The predicted molar refractivity (Wildman–Crippen MR) is 107 cm³/mol. The Hall–Kier alpha value is -3.20. The minimum absolute atomic E-state index is 0.0219. The first-order valence-corrected chi connectivity index (χ1v) is 9.25. The van der Waals surface area contributed by atoms with Crippen molar-refractivity contribution in [3.05, 3.63) is 57.2 Å². The molecule has 0 fully saturated rings. The molecule has 1 aromatic heterocycles. The van der Waals surface area contributed by atoms with Crippen LogP contribution in [0.25, 0.3) is 22.3 Å². The van der Waals surface area contributed by atoms with Gasteiger partial charge in [0.15, 0.2) is 11.3 Å². The van der Waals surface area contributed by atoms with Gasteiger partial charge in [-0.1, -0.05) is 17.7 Å². The molecule has 0 radical (unpaired) electrons. The number of ether oxygens (including phenoxy) is 3. The van der Waals surface area contributed by atoms with E-state index in [1.54, 1.807) is 6.07 Å². The third-order valence-corrected chi connectivity index (χ3v) is 4.67. The number of alkyl halides is 3. The SMILES string of the molecule is COC(=O)CCOc1cc(C(F)(F)F)ccc1-c1oc2c(Cl)cccc2c(=O)c1OC. The fourth-order valence-electron chi connectivity index (χ4n) is 2.88. The summed E-state index contributed by atoms with van der Waals surface area (Å²) in [6, 6.07) is 7.21. The number of esters is 1. The van der Waals surface area contributed by atoms with Crippen molar-refractivity contribution in [2.45, 2.75) is 12.6 Å². The summed E-state index contributed by atoms with van der Waals surface area (Å²) in [5.74, 6) is -1.25. The molecule has 31 heavy (non-hydrogen) atoms. The molecule has 0 spiro atoms. The standard InChI is InChI=1S/C21H16ClF3O6/c1-28-16(26)8-9-30-15-10-11(21(23,24)25)6-7-12(15)19-20(29-2)17(27)13-4-3-5-14(22)18(13)31-19/h3-7,10H,8-9H2,1-2H3. The Labute approximate surface area is 179 Å². The lowest BCUT2D eigenvalue weighted by atomic mass is 10.1. The number of para-hydroxylation sites is 1. The maximum absolute atomic E-state index is 13.2. The average Bonchev–Trinajstić information content (AvgIpc) is 2.73. The normalized spacial score (nSPS) is 11.4. The number of hydrogen-bond donors (Lipinski definition) is 0. The lowest BCUT2D eigenvalue weighted by molar-refractivity contribution is -0.141. The highest BCUT2D eigenvalue weighted by Gasteiger charge is 2.32. The van der Waals surface area contributed by atoms with Gasteiger partial charge < -0.3 is 18.6 Å². The average molecular weight is 457 g/mol. The van der Waals surface area contributed by atoms with Gasteiger partial charge in [0.2, 0.25) is 11.2 Å². The maximum atomic E-state index is 13.2. The van der Waals surface area contributed by atoms with E-state index in [0.717, 1.165) is 18.2 Å². The lowest BCUT2D eigenvalue weighted by Crippen LogP contribution is -2.11. The van der Waals surface area contributed by atoms with Crippen LogP contribution in [0.5, 0.6) is 11.5 Å². The van der Waals surface area contributed by atoms with Crippen LogP contribution in [0, 0.1) is 0 Å². The van der Waals surface area contributed by atoms with Gasteiger partial charge in [-0.15, -0.1) is 0 Å². The van der Waals surface area contributed by atoms with Gasteiger partial charge >= 0.3 is 12.1 Å². The number of rotatable bonds is 6. The van der Waals surface area contributed by atoms with Crippen molar-refractivity contribution in [1.29, 1.82) is 0 Å². The Morgan fingerprint density at radius 2 is 1.90 bits per heavy atom. The number of methoxy groups -OCH3 is 2. The molecule has 0 N–H and O–H groups in total. The topological polar surface area (TPSA) is 75.0 Å². The van der Waals surface area contributed by atoms with E-state index in [0.29, 0.717) is 0 Å². The Morgan fingerprint density at radius 1 is 1.16 bits per heavy atom. The van der Waals surface area contributed by atoms with E-state index in [2.05, 4.69) is 4.74 Å². The van der Waals surface area contributed by atoms with Crippen molar-refractivity contribution in [1.82, 2.24) is 0 Å². The van der Waals surface area contributed by atoms with Crippen LogP contribution in [0.2, 0.25) is 5.02 Å². The molecular formula is C21H16ClF3O6. The van der Waals surface area contributed by atoms with Crippen molar-refractivity contribution >= 4 is 28.5 Å². The molecule has 0 atom stereocenters. The van der Waals surface area contributed by atoms with Gasteiger partial charge in [-0.3, -0.25) is 9.59 Å². The van der Waals surface area contributed by atoms with E-state index in [4.69, 9.17) is 25.5 Å². The Bertz CT molecular complexity index is 1190. The fourth-order valence-corrected chi connectivity index (χ4v) is 3.09. The van der Waals surface area contributed by atoms with Crippen LogP contribution in [-0.2, 0) is 15.7 Å². The molecule has 3 aromatic rings. The zero-order valence-electron chi connectivity index (χ0n) is 16.3. The molecule has 10 heteroatoms. The van der Waals surface area contributed by atoms with Gasteiger partial charge in [0.1, 0.15) is 5.75 Å². The van der Waals surface area contributed by atoms with Gasteiger partial charge in [-0.05, 0) is 30.3 Å². The molecular weight excluding hydrogens is 441 g/mol. The number of halogens is 4. The van der Waals surface area contributed by atoms with Gasteiger partial charge in [0.05, 0.1) is 48.8 Å².